The van der Waals surface area contributed by atoms with Gasteiger partial charge in [-0.25, -0.2) is 4.98 Å². The Morgan fingerprint density at radius 3 is 2.81 bits per heavy atom. The van der Waals surface area contributed by atoms with Gasteiger partial charge in [0.05, 0.1) is 17.8 Å². The zero-order valence-corrected chi connectivity index (χ0v) is 16.4. The minimum absolute atomic E-state index is 0.0460. The smallest absolute Gasteiger partial charge is 0.272 e. The van der Waals surface area contributed by atoms with Gasteiger partial charge in [-0.15, -0.1) is 11.3 Å². The molecule has 0 fully saturated rings. The summed E-state index contributed by atoms with van der Waals surface area (Å²) < 4.78 is 2.31. The molecular formula is C19H21N3O2S2. The number of thioether (sulfide) groups is 1. The van der Waals surface area contributed by atoms with Gasteiger partial charge in [-0.1, -0.05) is 49.0 Å². The molecule has 5 nitrogen and oxygen atoms in total. The molecule has 2 heterocycles. The molecule has 0 aliphatic carbocycles. The molecule has 1 atom stereocenters. The molecule has 1 aromatic carbocycles. The maximum Gasteiger partial charge on any atom is 0.272 e. The van der Waals surface area contributed by atoms with Crippen molar-refractivity contribution in [1.82, 2.24) is 14.9 Å². The quantitative estimate of drug-likeness (QED) is 0.498. The Bertz CT molecular complexity index is 950. The maximum atomic E-state index is 12.9. The highest BCUT2D eigenvalue weighted by Crippen LogP contribution is 2.21. The number of thiophene rings is 1. The van der Waals surface area contributed by atoms with E-state index in [1.807, 2.05) is 55.6 Å². The normalized spacial score (nSPS) is 12.2. The number of hydrogen-bond donors (Lipinski definition) is 1. The topological polar surface area (TPSA) is 64.0 Å². The van der Waals surface area contributed by atoms with Gasteiger partial charge < -0.3 is 5.32 Å². The number of aromatic nitrogens is 2. The minimum atomic E-state index is -0.0568. The van der Waals surface area contributed by atoms with Crippen molar-refractivity contribution in [3.05, 3.63) is 57.7 Å². The van der Waals surface area contributed by atoms with Crippen LogP contribution in [0.5, 0.6) is 0 Å². The maximum absolute atomic E-state index is 12.9. The number of carbonyl (C=O) groups is 1. The van der Waals surface area contributed by atoms with E-state index >= 15 is 0 Å². The average molecular weight is 388 g/mol. The first kappa shape index (κ1) is 18.7. The van der Waals surface area contributed by atoms with Crippen LogP contribution in [0.15, 0.2) is 51.7 Å². The zero-order valence-electron chi connectivity index (χ0n) is 14.8. The second kappa shape index (κ2) is 8.51. The van der Waals surface area contributed by atoms with Crippen molar-refractivity contribution < 1.29 is 4.79 Å². The van der Waals surface area contributed by atoms with Crippen LogP contribution in [-0.4, -0.2) is 27.3 Å². The molecule has 1 amide bonds. The van der Waals surface area contributed by atoms with E-state index in [4.69, 9.17) is 0 Å². The van der Waals surface area contributed by atoms with Crippen molar-refractivity contribution in [3.63, 3.8) is 0 Å². The fraction of sp³-hybridized carbons (Fsp3) is 0.316. The van der Waals surface area contributed by atoms with Gasteiger partial charge in [-0.05, 0) is 30.4 Å². The Morgan fingerprint density at radius 1 is 1.31 bits per heavy atom. The Balaban J connectivity index is 1.88. The number of carbonyl (C=O) groups excluding carboxylic acids is 1. The number of rotatable bonds is 7. The van der Waals surface area contributed by atoms with E-state index in [1.165, 1.54) is 23.1 Å². The van der Waals surface area contributed by atoms with E-state index in [0.717, 1.165) is 12.0 Å². The van der Waals surface area contributed by atoms with Gasteiger partial charge in [-0.3, -0.25) is 14.2 Å². The predicted octanol–water partition coefficient (Wildman–Crippen LogP) is 3.51. The first-order valence-corrected chi connectivity index (χ1v) is 10.4. The molecule has 1 unspecified atom stereocenters. The van der Waals surface area contributed by atoms with Crippen LogP contribution < -0.4 is 10.9 Å². The van der Waals surface area contributed by atoms with Crippen molar-refractivity contribution in [2.45, 2.75) is 38.0 Å². The molecule has 136 valence electrons. The van der Waals surface area contributed by atoms with Crippen molar-refractivity contribution >= 4 is 39.2 Å². The molecular weight excluding hydrogens is 366 g/mol. The third-order valence-corrected chi connectivity index (χ3v) is 5.93. The Morgan fingerprint density at radius 2 is 2.08 bits per heavy atom. The van der Waals surface area contributed by atoms with Crippen molar-refractivity contribution in [2.75, 3.05) is 5.75 Å². The molecule has 7 heteroatoms. The molecule has 0 radical (unpaired) electrons. The van der Waals surface area contributed by atoms with Gasteiger partial charge in [-0.2, -0.15) is 0 Å². The summed E-state index contributed by atoms with van der Waals surface area (Å²) in [5.74, 6) is 0.191. The molecule has 0 bridgehead atoms. The number of fused-ring (bicyclic) bond motifs is 1. The summed E-state index contributed by atoms with van der Waals surface area (Å²) in [6.45, 7) is 4.45. The van der Waals surface area contributed by atoms with Crippen LogP contribution in [0.2, 0.25) is 0 Å². The molecule has 0 saturated carbocycles. The molecule has 2 aromatic heterocycles. The SMILES string of the molecule is CCC(C)NC(=O)CSc1nc2ccsc2c(=O)n1Cc1ccccc1. The van der Waals surface area contributed by atoms with Crippen LogP contribution in [0, 0.1) is 0 Å². The monoisotopic (exact) mass is 387 g/mol. The van der Waals surface area contributed by atoms with Gasteiger partial charge in [0, 0.05) is 6.04 Å². The summed E-state index contributed by atoms with van der Waals surface area (Å²) in [5, 5.41) is 5.39. The van der Waals surface area contributed by atoms with E-state index < -0.39 is 0 Å². The van der Waals surface area contributed by atoms with Crippen LogP contribution in [0.1, 0.15) is 25.8 Å². The fourth-order valence-electron chi connectivity index (χ4n) is 2.49. The molecule has 0 saturated heterocycles. The van der Waals surface area contributed by atoms with Crippen LogP contribution >= 0.6 is 23.1 Å². The standard InChI is InChI=1S/C19H21N3O2S2/c1-3-13(2)20-16(23)12-26-19-21-15-9-10-25-17(15)18(24)22(19)11-14-7-5-4-6-8-14/h4-10,13H,3,11-12H2,1-2H3,(H,20,23). The molecule has 26 heavy (non-hydrogen) atoms. The van der Waals surface area contributed by atoms with Crippen LogP contribution in [-0.2, 0) is 11.3 Å². The zero-order chi connectivity index (χ0) is 18.5. The van der Waals surface area contributed by atoms with Crippen LogP contribution in [0.3, 0.4) is 0 Å². The molecule has 1 N–H and O–H groups in total. The third-order valence-electron chi connectivity index (χ3n) is 4.07. The Labute approximate surface area is 160 Å². The van der Waals surface area contributed by atoms with Gasteiger partial charge >= 0.3 is 0 Å². The first-order valence-electron chi connectivity index (χ1n) is 8.52. The van der Waals surface area contributed by atoms with Crippen LogP contribution in [0.4, 0.5) is 0 Å². The van der Waals surface area contributed by atoms with E-state index in [1.54, 1.807) is 4.57 Å². The second-order valence-corrected chi connectivity index (χ2v) is 7.93. The van der Waals surface area contributed by atoms with Gasteiger partial charge in [0.2, 0.25) is 5.91 Å². The lowest BCUT2D eigenvalue weighted by Crippen LogP contribution is -2.33. The number of amides is 1. The molecule has 0 spiro atoms. The lowest BCUT2D eigenvalue weighted by Gasteiger charge is -2.13. The van der Waals surface area contributed by atoms with Crippen molar-refractivity contribution in [1.29, 1.82) is 0 Å². The van der Waals surface area contributed by atoms with Gasteiger partial charge in [0.15, 0.2) is 5.16 Å². The molecule has 0 aliphatic heterocycles. The Hall–Kier alpha value is -2.12. The summed E-state index contributed by atoms with van der Waals surface area (Å²) in [6, 6.07) is 11.8. The summed E-state index contributed by atoms with van der Waals surface area (Å²) in [4.78, 5) is 29.6. The molecule has 3 rings (SSSR count). The molecule has 0 aliphatic rings. The average Bonchev–Trinajstić information content (AvgIpc) is 3.12. The van der Waals surface area contributed by atoms with Crippen LogP contribution in [0.25, 0.3) is 10.2 Å². The highest BCUT2D eigenvalue weighted by atomic mass is 32.2. The first-order chi connectivity index (χ1) is 12.6. The Kier molecular flexibility index (Phi) is 6.11. The third kappa shape index (κ3) is 4.34. The van der Waals surface area contributed by atoms with Gasteiger partial charge in [0.25, 0.3) is 5.56 Å². The number of hydrogen-bond acceptors (Lipinski definition) is 5. The lowest BCUT2D eigenvalue weighted by molar-refractivity contribution is -0.119. The second-order valence-electron chi connectivity index (χ2n) is 6.07. The summed E-state index contributed by atoms with van der Waals surface area (Å²) in [6.07, 6.45) is 0.883. The predicted molar refractivity (Wildman–Crippen MR) is 108 cm³/mol. The summed E-state index contributed by atoms with van der Waals surface area (Å²) >= 11 is 2.70. The van der Waals surface area contributed by atoms with Gasteiger partial charge in [0.1, 0.15) is 4.70 Å². The molecule has 3 aromatic rings. The number of benzene rings is 1. The van der Waals surface area contributed by atoms with E-state index in [9.17, 15) is 9.59 Å². The minimum Gasteiger partial charge on any atom is -0.353 e. The van der Waals surface area contributed by atoms with E-state index in [0.29, 0.717) is 21.9 Å². The van der Waals surface area contributed by atoms with E-state index in [-0.39, 0.29) is 23.3 Å². The van der Waals surface area contributed by atoms with Crippen molar-refractivity contribution in [3.8, 4) is 0 Å². The fourth-order valence-corrected chi connectivity index (χ4v) is 4.08. The number of nitrogens with zero attached hydrogens (tertiary/aromatic N) is 2. The van der Waals surface area contributed by atoms with E-state index in [2.05, 4.69) is 10.3 Å². The highest BCUT2D eigenvalue weighted by molar-refractivity contribution is 7.99. The summed E-state index contributed by atoms with van der Waals surface area (Å²) in [7, 11) is 0. The van der Waals surface area contributed by atoms with Crippen molar-refractivity contribution in [2.24, 2.45) is 0 Å². The highest BCUT2D eigenvalue weighted by Gasteiger charge is 2.15. The summed E-state index contributed by atoms with van der Waals surface area (Å²) in [5.41, 5.74) is 1.66. The number of nitrogens with one attached hydrogen (secondary N) is 1. The lowest BCUT2D eigenvalue weighted by atomic mass is 10.2. The largest absolute Gasteiger partial charge is 0.353 e.